The first-order valence-electron chi connectivity index (χ1n) is 9.05. The number of hydrogen-bond acceptors (Lipinski definition) is 4. The number of aliphatic imine (C=N–C) groups is 1. The number of nitrogen functional groups attached to an aromatic ring is 1. The minimum Gasteiger partial charge on any atom is -0.367 e. The molecule has 5 heteroatoms. The molecule has 1 aliphatic heterocycles. The van der Waals surface area contributed by atoms with Gasteiger partial charge in [-0.2, -0.15) is 0 Å². The quantitative estimate of drug-likeness (QED) is 0.505. The molecule has 0 saturated carbocycles. The number of fused-ring (bicyclic) bond motifs is 2. The molecule has 4 aromatic rings. The Kier molecular flexibility index (Phi) is 3.37. The van der Waals surface area contributed by atoms with Crippen molar-refractivity contribution in [3.63, 3.8) is 0 Å². The zero-order valence-corrected chi connectivity index (χ0v) is 15.2. The lowest BCUT2D eigenvalue weighted by atomic mass is 9.98. The summed E-state index contributed by atoms with van der Waals surface area (Å²) in [5.74, 6) is 0.744. The molecule has 27 heavy (non-hydrogen) atoms. The van der Waals surface area contributed by atoms with E-state index in [9.17, 15) is 0 Å². The van der Waals surface area contributed by atoms with Crippen LogP contribution in [0.4, 0.5) is 11.6 Å². The molecule has 0 unspecified atom stereocenters. The summed E-state index contributed by atoms with van der Waals surface area (Å²) in [7, 11) is 0. The first-order chi connectivity index (χ1) is 13.1. The maximum Gasteiger partial charge on any atom is 0.238 e. The molecule has 132 valence electrons. The van der Waals surface area contributed by atoms with Crippen LogP contribution in [0.2, 0.25) is 0 Å². The maximum absolute atomic E-state index is 5.95. The summed E-state index contributed by atoms with van der Waals surface area (Å²) in [5, 5.41) is 4.35. The lowest BCUT2D eigenvalue weighted by Gasteiger charge is -2.09. The number of aromatic nitrogens is 3. The predicted octanol–water partition coefficient (Wildman–Crippen LogP) is 4.58. The fourth-order valence-corrected chi connectivity index (χ4v) is 3.62. The fourth-order valence-electron chi connectivity index (χ4n) is 3.62. The molecule has 0 bridgehead atoms. The molecular formula is C22H19N5. The van der Waals surface area contributed by atoms with E-state index in [0.717, 1.165) is 39.3 Å². The molecular weight excluding hydrogens is 334 g/mol. The molecule has 2 aromatic heterocycles. The topological polar surface area (TPSA) is 68.6 Å². The van der Waals surface area contributed by atoms with Crippen molar-refractivity contribution >= 4 is 22.9 Å². The van der Waals surface area contributed by atoms with Crippen LogP contribution in [0.1, 0.15) is 36.5 Å². The monoisotopic (exact) mass is 353 g/mol. The van der Waals surface area contributed by atoms with Crippen LogP contribution < -0.4 is 5.73 Å². The van der Waals surface area contributed by atoms with E-state index in [1.807, 2.05) is 36.5 Å². The molecule has 0 radical (unpaired) electrons. The van der Waals surface area contributed by atoms with Gasteiger partial charge in [-0.25, -0.2) is 14.5 Å². The van der Waals surface area contributed by atoms with E-state index in [2.05, 4.69) is 48.2 Å². The van der Waals surface area contributed by atoms with Gasteiger partial charge in [0.2, 0.25) is 5.95 Å². The van der Waals surface area contributed by atoms with Gasteiger partial charge >= 0.3 is 0 Å². The zero-order chi connectivity index (χ0) is 18.5. The summed E-state index contributed by atoms with van der Waals surface area (Å²) in [4.78, 5) is 9.56. The third-order valence-corrected chi connectivity index (χ3v) is 5.02. The summed E-state index contributed by atoms with van der Waals surface area (Å²) in [5.41, 5.74) is 13.9. The lowest BCUT2D eigenvalue weighted by molar-refractivity contribution is 0.866. The molecule has 0 aliphatic carbocycles. The number of para-hydroxylation sites is 1. The van der Waals surface area contributed by atoms with Crippen LogP contribution in [-0.4, -0.2) is 20.3 Å². The smallest absolute Gasteiger partial charge is 0.238 e. The summed E-state index contributed by atoms with van der Waals surface area (Å²) in [6.45, 7) is 4.40. The molecule has 5 rings (SSSR count). The van der Waals surface area contributed by atoms with Crippen LogP contribution >= 0.6 is 0 Å². The second-order valence-electron chi connectivity index (χ2n) is 7.10. The summed E-state index contributed by atoms with van der Waals surface area (Å²) < 4.78 is 1.80. The number of nitrogens with two attached hydrogens (primary N) is 1. The Morgan fingerprint density at radius 2 is 1.70 bits per heavy atom. The molecule has 3 heterocycles. The normalized spacial score (nSPS) is 12.8. The van der Waals surface area contributed by atoms with Crippen LogP contribution in [0.15, 0.2) is 65.8 Å². The Balaban J connectivity index is 1.82. The average molecular weight is 353 g/mol. The molecule has 2 N–H and O–H groups in total. The molecule has 0 saturated heterocycles. The van der Waals surface area contributed by atoms with E-state index in [-0.39, 0.29) is 5.95 Å². The Hall–Kier alpha value is -3.47. The first-order valence-corrected chi connectivity index (χ1v) is 9.05. The molecule has 0 amide bonds. The van der Waals surface area contributed by atoms with Gasteiger partial charge in [0.05, 0.1) is 11.4 Å². The minimum absolute atomic E-state index is 0.249. The van der Waals surface area contributed by atoms with Crippen molar-refractivity contribution in [3.05, 3.63) is 77.5 Å². The Labute approximate surface area is 157 Å². The maximum atomic E-state index is 5.95. The van der Waals surface area contributed by atoms with Gasteiger partial charge in [0.25, 0.3) is 0 Å². The van der Waals surface area contributed by atoms with E-state index in [4.69, 9.17) is 10.7 Å². The van der Waals surface area contributed by atoms with Crippen LogP contribution in [-0.2, 0) is 0 Å². The molecule has 2 aromatic carbocycles. The van der Waals surface area contributed by atoms with Gasteiger partial charge in [-0.05, 0) is 23.6 Å². The van der Waals surface area contributed by atoms with Gasteiger partial charge < -0.3 is 5.73 Å². The van der Waals surface area contributed by atoms with E-state index in [0.29, 0.717) is 5.92 Å². The molecule has 0 spiro atoms. The Morgan fingerprint density at radius 1 is 0.926 bits per heavy atom. The third-order valence-electron chi connectivity index (χ3n) is 5.02. The van der Waals surface area contributed by atoms with Crippen molar-refractivity contribution in [1.29, 1.82) is 0 Å². The Bertz CT molecular complexity index is 1200. The van der Waals surface area contributed by atoms with Crippen molar-refractivity contribution in [2.45, 2.75) is 19.8 Å². The highest BCUT2D eigenvalue weighted by atomic mass is 15.3. The van der Waals surface area contributed by atoms with Crippen molar-refractivity contribution in [3.8, 4) is 11.3 Å². The standard InChI is InChI=1S/C22H19N5/c1-13(2)14-7-9-15(10-8-14)19-17-11-12-27-21(17)20(25-22(23)26-27)16-5-3-4-6-18(16)24-19/h3-13H,1-2H3,(H2,23,26). The van der Waals surface area contributed by atoms with Crippen molar-refractivity contribution in [1.82, 2.24) is 14.6 Å². The van der Waals surface area contributed by atoms with Gasteiger partial charge in [-0.1, -0.05) is 56.3 Å². The number of hydrogen-bond donors (Lipinski definition) is 1. The number of nitrogens with zero attached hydrogens (tertiary/aromatic N) is 4. The predicted molar refractivity (Wildman–Crippen MR) is 109 cm³/mol. The van der Waals surface area contributed by atoms with E-state index >= 15 is 0 Å². The minimum atomic E-state index is 0.249. The van der Waals surface area contributed by atoms with Gasteiger partial charge in [0.15, 0.2) is 0 Å². The van der Waals surface area contributed by atoms with E-state index in [1.54, 1.807) is 4.52 Å². The highest BCUT2D eigenvalue weighted by molar-refractivity contribution is 6.20. The zero-order valence-electron chi connectivity index (χ0n) is 15.2. The van der Waals surface area contributed by atoms with Gasteiger partial charge in [0, 0.05) is 22.9 Å². The second kappa shape index (κ2) is 5.77. The number of anilines is 1. The van der Waals surface area contributed by atoms with E-state index in [1.165, 1.54) is 5.56 Å². The second-order valence-corrected chi connectivity index (χ2v) is 7.10. The molecule has 0 fully saturated rings. The molecule has 5 nitrogen and oxygen atoms in total. The average Bonchev–Trinajstić information content (AvgIpc) is 3.03. The van der Waals surface area contributed by atoms with Gasteiger partial charge in [0.1, 0.15) is 11.2 Å². The molecule has 1 aliphatic rings. The summed E-state index contributed by atoms with van der Waals surface area (Å²) in [6.07, 6.45) is 1.91. The lowest BCUT2D eigenvalue weighted by Crippen LogP contribution is -2.06. The summed E-state index contributed by atoms with van der Waals surface area (Å²) >= 11 is 0. The van der Waals surface area contributed by atoms with Crippen LogP contribution in [0.25, 0.3) is 16.8 Å². The first kappa shape index (κ1) is 15.8. The SMILES string of the molecule is CC(C)c1ccc(C2=Nc3ccccc3-c3nc(N)nn4ccc2c34)cc1. The van der Waals surface area contributed by atoms with Crippen molar-refractivity contribution in [2.75, 3.05) is 5.73 Å². The van der Waals surface area contributed by atoms with Crippen LogP contribution in [0, 0.1) is 0 Å². The van der Waals surface area contributed by atoms with Crippen molar-refractivity contribution in [2.24, 2.45) is 4.99 Å². The highest BCUT2D eigenvalue weighted by Crippen LogP contribution is 2.38. The van der Waals surface area contributed by atoms with E-state index < -0.39 is 0 Å². The highest BCUT2D eigenvalue weighted by Gasteiger charge is 2.23. The largest absolute Gasteiger partial charge is 0.367 e. The summed E-state index contributed by atoms with van der Waals surface area (Å²) in [6, 6.07) is 18.7. The number of benzene rings is 2. The van der Waals surface area contributed by atoms with Gasteiger partial charge in [-0.3, -0.25) is 0 Å². The van der Waals surface area contributed by atoms with Crippen molar-refractivity contribution < 1.29 is 0 Å². The van der Waals surface area contributed by atoms with Gasteiger partial charge in [-0.15, -0.1) is 5.10 Å². The fraction of sp³-hybridized carbons (Fsp3) is 0.136. The van der Waals surface area contributed by atoms with Crippen LogP contribution in [0.5, 0.6) is 0 Å². The Morgan fingerprint density at radius 3 is 2.48 bits per heavy atom. The van der Waals surface area contributed by atoms with Crippen LogP contribution in [0.3, 0.4) is 0 Å². The molecule has 0 atom stereocenters. The number of rotatable bonds is 2. The third kappa shape index (κ3) is 2.43.